The van der Waals surface area contributed by atoms with Crippen molar-refractivity contribution in [1.29, 1.82) is 0 Å². The first-order valence-corrected chi connectivity index (χ1v) is 6.41. The fraction of sp³-hybridized carbons (Fsp3) is 0.700. The molecule has 2 rings (SSSR count). The first-order chi connectivity index (χ1) is 7.69. The second-order valence-electron chi connectivity index (χ2n) is 4.20. The van der Waals surface area contributed by atoms with Crippen molar-refractivity contribution in [3.05, 3.63) is 11.9 Å². The number of thioether (sulfide) groups is 1. The van der Waals surface area contributed by atoms with Crippen LogP contribution in [-0.4, -0.2) is 26.7 Å². The maximum atomic E-state index is 10.8. The fourth-order valence-corrected chi connectivity index (χ4v) is 2.33. The molecule has 1 fully saturated rings. The van der Waals surface area contributed by atoms with Gasteiger partial charge in [-0.3, -0.25) is 4.79 Å². The molecule has 16 heavy (non-hydrogen) atoms. The molecule has 0 atom stereocenters. The van der Waals surface area contributed by atoms with Gasteiger partial charge in [-0.25, -0.2) is 4.68 Å². The van der Waals surface area contributed by atoms with Crippen molar-refractivity contribution in [2.45, 2.75) is 31.6 Å². The Balaban J connectivity index is 1.86. The molecule has 1 saturated carbocycles. The van der Waals surface area contributed by atoms with Gasteiger partial charge in [-0.2, -0.15) is 0 Å². The Kier molecular flexibility index (Phi) is 3.60. The van der Waals surface area contributed by atoms with E-state index >= 15 is 0 Å². The summed E-state index contributed by atoms with van der Waals surface area (Å²) in [6.45, 7) is 2.32. The van der Waals surface area contributed by atoms with E-state index in [0.29, 0.717) is 17.7 Å². The summed E-state index contributed by atoms with van der Waals surface area (Å²) in [6, 6.07) is 0.456. The van der Waals surface area contributed by atoms with Crippen LogP contribution in [-0.2, 0) is 10.5 Å². The summed E-state index contributed by atoms with van der Waals surface area (Å²) in [5, 5.41) is 8.25. The molecule has 88 valence electrons. The van der Waals surface area contributed by atoms with E-state index in [4.69, 9.17) is 5.73 Å². The van der Waals surface area contributed by atoms with E-state index in [1.54, 1.807) is 6.92 Å². The van der Waals surface area contributed by atoms with Crippen molar-refractivity contribution in [2.75, 3.05) is 6.54 Å². The van der Waals surface area contributed by atoms with Gasteiger partial charge in [0.05, 0.1) is 11.7 Å². The van der Waals surface area contributed by atoms with E-state index in [1.807, 2.05) is 10.9 Å². The monoisotopic (exact) mass is 240 g/mol. The van der Waals surface area contributed by atoms with Gasteiger partial charge in [-0.1, -0.05) is 17.0 Å². The van der Waals surface area contributed by atoms with Crippen molar-refractivity contribution < 1.29 is 4.79 Å². The minimum atomic E-state index is 0.112. The predicted octanol–water partition coefficient (Wildman–Crippen LogP) is 0.968. The van der Waals surface area contributed by atoms with Crippen molar-refractivity contribution in [3.8, 4) is 0 Å². The number of rotatable bonds is 4. The molecule has 5 nitrogen and oxygen atoms in total. The van der Waals surface area contributed by atoms with Crippen LogP contribution < -0.4 is 5.73 Å². The summed E-state index contributed by atoms with van der Waals surface area (Å²) in [5.74, 6) is 1.26. The Labute approximate surface area is 98.8 Å². The Bertz CT molecular complexity index is 373. The summed E-state index contributed by atoms with van der Waals surface area (Å²) >= 11 is 1.27. The largest absolute Gasteiger partial charge is 0.330 e. The summed E-state index contributed by atoms with van der Waals surface area (Å²) in [5.41, 5.74) is 6.45. The Hall–Kier alpha value is -0.880. The number of nitrogens with zero attached hydrogens (tertiary/aromatic N) is 3. The van der Waals surface area contributed by atoms with Crippen LogP contribution in [0.25, 0.3) is 0 Å². The van der Waals surface area contributed by atoms with E-state index in [1.165, 1.54) is 11.8 Å². The number of carbonyl (C=O) groups excluding carboxylic acids is 1. The Morgan fingerprint density at radius 1 is 1.69 bits per heavy atom. The average molecular weight is 240 g/mol. The number of nitrogens with two attached hydrogens (primary N) is 1. The van der Waals surface area contributed by atoms with E-state index in [0.717, 1.165) is 25.1 Å². The number of hydrogen-bond acceptors (Lipinski definition) is 5. The molecule has 1 aliphatic carbocycles. The normalized spacial score (nSPS) is 24.1. The van der Waals surface area contributed by atoms with Crippen LogP contribution in [0.5, 0.6) is 0 Å². The highest BCUT2D eigenvalue weighted by atomic mass is 32.2. The van der Waals surface area contributed by atoms with Gasteiger partial charge in [-0.15, -0.1) is 5.10 Å². The fourth-order valence-electron chi connectivity index (χ4n) is 1.84. The first kappa shape index (κ1) is 11.6. The van der Waals surface area contributed by atoms with Gasteiger partial charge in [0.15, 0.2) is 5.12 Å². The smallest absolute Gasteiger partial charge is 0.186 e. The van der Waals surface area contributed by atoms with Crippen molar-refractivity contribution in [2.24, 2.45) is 11.7 Å². The van der Waals surface area contributed by atoms with Gasteiger partial charge in [0, 0.05) is 18.9 Å². The highest BCUT2D eigenvalue weighted by molar-refractivity contribution is 8.12. The molecule has 0 amide bonds. The van der Waals surface area contributed by atoms with Crippen LogP contribution in [0, 0.1) is 5.92 Å². The third-order valence-electron chi connectivity index (χ3n) is 2.90. The molecule has 0 spiro atoms. The summed E-state index contributed by atoms with van der Waals surface area (Å²) in [4.78, 5) is 10.8. The van der Waals surface area contributed by atoms with Gasteiger partial charge >= 0.3 is 0 Å². The third kappa shape index (κ3) is 2.62. The lowest BCUT2D eigenvalue weighted by Crippen LogP contribution is -2.32. The van der Waals surface area contributed by atoms with Crippen LogP contribution in [0.1, 0.15) is 31.5 Å². The van der Waals surface area contributed by atoms with E-state index < -0.39 is 0 Å². The lowest BCUT2D eigenvalue weighted by atomic mass is 9.80. The Morgan fingerprint density at radius 3 is 3.06 bits per heavy atom. The maximum absolute atomic E-state index is 10.8. The average Bonchev–Trinajstić information content (AvgIpc) is 2.62. The van der Waals surface area contributed by atoms with Crippen molar-refractivity contribution in [1.82, 2.24) is 15.0 Å². The van der Waals surface area contributed by atoms with Crippen molar-refractivity contribution in [3.63, 3.8) is 0 Å². The highest BCUT2D eigenvalue weighted by Crippen LogP contribution is 2.36. The van der Waals surface area contributed by atoms with Crippen LogP contribution >= 0.6 is 11.8 Å². The molecule has 0 bridgehead atoms. The zero-order valence-electron chi connectivity index (χ0n) is 9.30. The number of aromatic nitrogens is 3. The quantitative estimate of drug-likeness (QED) is 0.848. The molecular formula is C10H16N4OS. The Morgan fingerprint density at radius 2 is 2.44 bits per heavy atom. The molecule has 1 aromatic rings. The second kappa shape index (κ2) is 4.97. The highest BCUT2D eigenvalue weighted by Gasteiger charge is 2.30. The van der Waals surface area contributed by atoms with Gasteiger partial charge in [0.2, 0.25) is 0 Å². The van der Waals surface area contributed by atoms with Gasteiger partial charge in [0.25, 0.3) is 0 Å². The van der Waals surface area contributed by atoms with Crippen molar-refractivity contribution >= 4 is 16.9 Å². The molecule has 0 aromatic carbocycles. The topological polar surface area (TPSA) is 73.8 Å². The summed E-state index contributed by atoms with van der Waals surface area (Å²) in [6.07, 6.45) is 4.13. The minimum Gasteiger partial charge on any atom is -0.330 e. The molecule has 6 heteroatoms. The molecule has 0 saturated heterocycles. The van der Waals surface area contributed by atoms with Crippen LogP contribution in [0.2, 0.25) is 0 Å². The predicted molar refractivity (Wildman–Crippen MR) is 62.8 cm³/mol. The summed E-state index contributed by atoms with van der Waals surface area (Å²) < 4.78 is 1.90. The molecule has 1 aromatic heterocycles. The van der Waals surface area contributed by atoms with E-state index in [2.05, 4.69) is 10.3 Å². The SMILES string of the molecule is CC(=O)SCc1cn(C2CC(CN)C2)nn1. The maximum Gasteiger partial charge on any atom is 0.186 e. The van der Waals surface area contributed by atoms with Gasteiger partial charge in [0.1, 0.15) is 0 Å². The molecule has 2 N–H and O–H groups in total. The molecule has 1 heterocycles. The van der Waals surface area contributed by atoms with Crippen LogP contribution in [0.4, 0.5) is 0 Å². The van der Waals surface area contributed by atoms with Crippen LogP contribution in [0.15, 0.2) is 6.20 Å². The van der Waals surface area contributed by atoms with Crippen LogP contribution in [0.3, 0.4) is 0 Å². The summed E-state index contributed by atoms with van der Waals surface area (Å²) in [7, 11) is 0. The molecule has 0 radical (unpaired) electrons. The molecular weight excluding hydrogens is 224 g/mol. The van der Waals surface area contributed by atoms with E-state index in [9.17, 15) is 4.79 Å². The van der Waals surface area contributed by atoms with Gasteiger partial charge < -0.3 is 5.73 Å². The zero-order chi connectivity index (χ0) is 11.5. The van der Waals surface area contributed by atoms with Gasteiger partial charge in [-0.05, 0) is 25.3 Å². The minimum absolute atomic E-state index is 0.112. The second-order valence-corrected chi connectivity index (χ2v) is 5.35. The molecule has 0 aliphatic heterocycles. The third-order valence-corrected chi connectivity index (χ3v) is 3.75. The molecule has 1 aliphatic rings. The van der Waals surface area contributed by atoms with E-state index in [-0.39, 0.29) is 5.12 Å². The molecule has 0 unspecified atom stereocenters. The zero-order valence-corrected chi connectivity index (χ0v) is 10.1. The number of hydrogen-bond donors (Lipinski definition) is 1. The first-order valence-electron chi connectivity index (χ1n) is 5.43. The lowest BCUT2D eigenvalue weighted by molar-refractivity contribution is -0.109. The number of carbonyl (C=O) groups is 1. The standard InChI is InChI=1S/C10H16N4OS/c1-7(15)16-6-9-5-14(13-12-9)10-2-8(3-10)4-11/h5,8,10H,2-4,6,11H2,1H3. The lowest BCUT2D eigenvalue weighted by Gasteiger charge is -2.33.